The van der Waals surface area contributed by atoms with E-state index in [1.54, 1.807) is 6.33 Å². The van der Waals surface area contributed by atoms with Crippen molar-refractivity contribution in [1.82, 2.24) is 9.97 Å². The molecule has 0 fully saturated rings. The minimum atomic E-state index is 1.09. The van der Waals surface area contributed by atoms with Crippen molar-refractivity contribution < 1.29 is 0 Å². The zero-order valence-corrected chi connectivity index (χ0v) is 13.0. The number of aryl methyl sites for hydroxylation is 3. The van der Waals surface area contributed by atoms with Crippen LogP contribution in [0.4, 0.5) is 0 Å². The number of allylic oxidation sites excluding steroid dienone is 2. The number of imidazole rings is 1. The van der Waals surface area contributed by atoms with Gasteiger partial charge in [0.05, 0.1) is 12.0 Å². The van der Waals surface area contributed by atoms with Crippen LogP contribution >= 0.6 is 0 Å². The molecule has 0 saturated carbocycles. The molecule has 20 heavy (non-hydrogen) atoms. The Kier molecular flexibility index (Phi) is 4.78. The van der Waals surface area contributed by atoms with E-state index in [2.05, 4.69) is 61.9 Å². The molecule has 0 saturated heterocycles. The molecule has 1 heterocycles. The highest BCUT2D eigenvalue weighted by molar-refractivity contribution is 5.61. The van der Waals surface area contributed by atoms with Gasteiger partial charge >= 0.3 is 0 Å². The minimum absolute atomic E-state index is 1.09. The van der Waals surface area contributed by atoms with Gasteiger partial charge in [0.15, 0.2) is 0 Å². The van der Waals surface area contributed by atoms with Gasteiger partial charge in [0.25, 0.3) is 0 Å². The molecule has 106 valence electrons. The highest BCUT2D eigenvalue weighted by Gasteiger charge is 2.03. The highest BCUT2D eigenvalue weighted by Crippen LogP contribution is 2.18. The molecule has 2 nitrogen and oxygen atoms in total. The molecule has 2 heteroatoms. The summed E-state index contributed by atoms with van der Waals surface area (Å²) in [5.74, 6) is 0. The lowest BCUT2D eigenvalue weighted by atomic mass is 9.97. The van der Waals surface area contributed by atoms with E-state index < -0.39 is 0 Å². The molecule has 0 unspecified atom stereocenters. The molecule has 2 aromatic rings. The summed E-state index contributed by atoms with van der Waals surface area (Å²) in [6, 6.07) is 6.55. The van der Waals surface area contributed by atoms with Crippen LogP contribution in [-0.2, 0) is 6.42 Å². The number of aromatic amines is 1. The molecule has 0 bridgehead atoms. The van der Waals surface area contributed by atoms with Gasteiger partial charge in [-0.3, -0.25) is 0 Å². The van der Waals surface area contributed by atoms with Gasteiger partial charge in [-0.2, -0.15) is 0 Å². The fourth-order valence-electron chi connectivity index (χ4n) is 2.69. The predicted molar refractivity (Wildman–Crippen MR) is 85.8 cm³/mol. The second-order valence-electron chi connectivity index (χ2n) is 5.53. The standard InChI is InChI=1S/C18H24N2/c1-13-9-7-10-14(2)17(13)11-6-5-8-15(3)18-16(4)19-12-20-18/h7-10,12H,5-6,11H2,1-4H3,(H,19,20)/b15-8+. The fraction of sp³-hybridized carbons (Fsp3) is 0.389. The molecule has 0 aliphatic heterocycles. The topological polar surface area (TPSA) is 28.7 Å². The average molecular weight is 268 g/mol. The van der Waals surface area contributed by atoms with Gasteiger partial charge in [-0.25, -0.2) is 4.98 Å². The molecule has 0 aliphatic carbocycles. The monoisotopic (exact) mass is 268 g/mol. The summed E-state index contributed by atoms with van der Waals surface area (Å²) >= 11 is 0. The van der Waals surface area contributed by atoms with Crippen molar-refractivity contribution in [3.63, 3.8) is 0 Å². The Labute approximate surface area is 122 Å². The van der Waals surface area contributed by atoms with Crippen molar-refractivity contribution in [3.05, 3.63) is 58.7 Å². The zero-order chi connectivity index (χ0) is 14.5. The Morgan fingerprint density at radius 2 is 1.90 bits per heavy atom. The quantitative estimate of drug-likeness (QED) is 0.778. The van der Waals surface area contributed by atoms with E-state index in [1.165, 1.54) is 28.7 Å². The molecule has 1 aromatic heterocycles. The van der Waals surface area contributed by atoms with Gasteiger partial charge in [-0.05, 0) is 69.2 Å². The third kappa shape index (κ3) is 3.38. The summed E-state index contributed by atoms with van der Waals surface area (Å²) in [4.78, 5) is 7.49. The molecular formula is C18H24N2. The van der Waals surface area contributed by atoms with Crippen LogP contribution in [0.25, 0.3) is 5.57 Å². The van der Waals surface area contributed by atoms with Crippen LogP contribution < -0.4 is 0 Å². The lowest BCUT2D eigenvalue weighted by Crippen LogP contribution is -1.93. The summed E-state index contributed by atoms with van der Waals surface area (Å²) in [6.45, 7) is 8.62. The van der Waals surface area contributed by atoms with Crippen LogP contribution in [0.15, 0.2) is 30.6 Å². The third-order valence-corrected chi connectivity index (χ3v) is 3.93. The van der Waals surface area contributed by atoms with Gasteiger partial charge in [0.1, 0.15) is 0 Å². The molecule has 1 aromatic carbocycles. The number of benzene rings is 1. The van der Waals surface area contributed by atoms with Crippen molar-refractivity contribution in [2.45, 2.75) is 47.0 Å². The van der Waals surface area contributed by atoms with E-state index in [0.717, 1.165) is 24.2 Å². The first kappa shape index (κ1) is 14.6. The van der Waals surface area contributed by atoms with Crippen LogP contribution in [-0.4, -0.2) is 9.97 Å². The molecule has 0 atom stereocenters. The maximum Gasteiger partial charge on any atom is 0.0929 e. The van der Waals surface area contributed by atoms with E-state index in [0.29, 0.717) is 0 Å². The minimum Gasteiger partial charge on any atom is -0.348 e. The highest BCUT2D eigenvalue weighted by atomic mass is 14.9. The summed E-state index contributed by atoms with van der Waals surface area (Å²) < 4.78 is 0. The summed E-state index contributed by atoms with van der Waals surface area (Å²) in [7, 11) is 0. The first-order valence-corrected chi connectivity index (χ1v) is 7.31. The number of hydrogen-bond acceptors (Lipinski definition) is 1. The van der Waals surface area contributed by atoms with Crippen LogP contribution in [0, 0.1) is 20.8 Å². The summed E-state index contributed by atoms with van der Waals surface area (Å²) in [6.07, 6.45) is 7.51. The summed E-state index contributed by atoms with van der Waals surface area (Å²) in [5, 5.41) is 0. The SMILES string of the molecule is C/C(=C\CCCc1c(C)cccc1C)c1nc[nH]c1C. The van der Waals surface area contributed by atoms with Crippen LogP contribution in [0.3, 0.4) is 0 Å². The van der Waals surface area contributed by atoms with Gasteiger partial charge < -0.3 is 4.98 Å². The fourth-order valence-corrected chi connectivity index (χ4v) is 2.69. The van der Waals surface area contributed by atoms with Crippen LogP contribution in [0.2, 0.25) is 0 Å². The Hall–Kier alpha value is -1.83. The first-order valence-electron chi connectivity index (χ1n) is 7.31. The summed E-state index contributed by atoms with van der Waals surface area (Å²) in [5.41, 5.74) is 7.84. The number of hydrogen-bond donors (Lipinski definition) is 1. The van der Waals surface area contributed by atoms with Crippen molar-refractivity contribution in [1.29, 1.82) is 0 Å². The molecule has 0 spiro atoms. The maximum absolute atomic E-state index is 4.36. The second kappa shape index (κ2) is 6.56. The maximum atomic E-state index is 4.36. The molecule has 0 aliphatic rings. The molecule has 1 N–H and O–H groups in total. The Balaban J connectivity index is 1.92. The molecular weight excluding hydrogens is 244 g/mol. The number of H-pyrrole nitrogens is 1. The van der Waals surface area contributed by atoms with Crippen molar-refractivity contribution in [2.24, 2.45) is 0 Å². The van der Waals surface area contributed by atoms with Crippen molar-refractivity contribution >= 4 is 5.57 Å². The molecule has 0 amide bonds. The first-order chi connectivity index (χ1) is 9.59. The van der Waals surface area contributed by atoms with Gasteiger partial charge in [0, 0.05) is 5.69 Å². The lowest BCUT2D eigenvalue weighted by Gasteiger charge is -2.08. The van der Waals surface area contributed by atoms with E-state index in [1.807, 2.05) is 0 Å². The normalized spacial score (nSPS) is 11.9. The van der Waals surface area contributed by atoms with E-state index >= 15 is 0 Å². The number of unbranched alkanes of at least 4 members (excludes halogenated alkanes) is 1. The van der Waals surface area contributed by atoms with Crippen molar-refractivity contribution in [2.75, 3.05) is 0 Å². The van der Waals surface area contributed by atoms with Crippen molar-refractivity contribution in [3.8, 4) is 0 Å². The number of rotatable bonds is 5. The second-order valence-corrected chi connectivity index (χ2v) is 5.53. The zero-order valence-electron chi connectivity index (χ0n) is 13.0. The third-order valence-electron chi connectivity index (χ3n) is 3.93. The number of nitrogens with zero attached hydrogens (tertiary/aromatic N) is 1. The van der Waals surface area contributed by atoms with Crippen LogP contribution in [0.1, 0.15) is 47.8 Å². The lowest BCUT2D eigenvalue weighted by molar-refractivity contribution is 0.832. The molecule has 0 radical (unpaired) electrons. The van der Waals surface area contributed by atoms with E-state index in [-0.39, 0.29) is 0 Å². The average Bonchev–Trinajstić information content (AvgIpc) is 2.83. The Bertz CT molecular complexity index is 585. The number of nitrogens with one attached hydrogen (secondary N) is 1. The van der Waals surface area contributed by atoms with E-state index in [4.69, 9.17) is 0 Å². The molecule has 2 rings (SSSR count). The predicted octanol–water partition coefficient (Wildman–Crippen LogP) is 4.76. The Morgan fingerprint density at radius 3 is 2.50 bits per heavy atom. The van der Waals surface area contributed by atoms with E-state index in [9.17, 15) is 0 Å². The van der Waals surface area contributed by atoms with Gasteiger partial charge in [-0.15, -0.1) is 0 Å². The van der Waals surface area contributed by atoms with Crippen LogP contribution in [0.5, 0.6) is 0 Å². The largest absolute Gasteiger partial charge is 0.348 e. The smallest absolute Gasteiger partial charge is 0.0929 e. The Morgan fingerprint density at radius 1 is 1.20 bits per heavy atom. The number of aromatic nitrogens is 2. The van der Waals surface area contributed by atoms with Gasteiger partial charge in [-0.1, -0.05) is 24.3 Å². The van der Waals surface area contributed by atoms with Gasteiger partial charge in [0.2, 0.25) is 0 Å².